The smallest absolute Gasteiger partial charge is 0.261 e. The van der Waals surface area contributed by atoms with Crippen molar-refractivity contribution in [3.8, 4) is 0 Å². The van der Waals surface area contributed by atoms with Crippen LogP contribution in [0, 0.1) is 0 Å². The maximum absolute atomic E-state index is 12.6. The van der Waals surface area contributed by atoms with Crippen molar-refractivity contribution < 1.29 is 4.79 Å². The summed E-state index contributed by atoms with van der Waals surface area (Å²) in [5.74, 6) is -0.263. The molecule has 2 rings (SSSR count). The zero-order valence-corrected chi connectivity index (χ0v) is 15.8. The Morgan fingerprint density at radius 3 is 2.64 bits per heavy atom. The van der Waals surface area contributed by atoms with Gasteiger partial charge in [0, 0.05) is 25.4 Å². The Hall–Kier alpha value is -1.86. The molecule has 0 spiro atoms. The molecular weight excluding hydrogens is 379 g/mol. The van der Waals surface area contributed by atoms with Crippen LogP contribution in [-0.4, -0.2) is 25.2 Å². The molecule has 2 aromatic rings. The minimum absolute atomic E-state index is 0.262. The molecule has 0 aliphatic carbocycles. The molecule has 8 heteroatoms. The van der Waals surface area contributed by atoms with Crippen molar-refractivity contribution in [3.05, 3.63) is 68.0 Å². The maximum Gasteiger partial charge on any atom is 0.261 e. The van der Waals surface area contributed by atoms with Gasteiger partial charge in [-0.2, -0.15) is 0 Å². The highest BCUT2D eigenvalue weighted by atomic mass is 35.5. The van der Waals surface area contributed by atoms with Gasteiger partial charge in [-0.3, -0.25) is 9.79 Å². The summed E-state index contributed by atoms with van der Waals surface area (Å²) in [6, 6.07) is 10.9. The number of carbonyl (C=O) groups excluding carboxylic acids is 1. The van der Waals surface area contributed by atoms with Crippen molar-refractivity contribution in [3.63, 3.8) is 0 Å². The maximum atomic E-state index is 12.6. The van der Waals surface area contributed by atoms with Crippen molar-refractivity contribution in [2.24, 2.45) is 16.5 Å². The summed E-state index contributed by atoms with van der Waals surface area (Å²) in [4.78, 5) is 17.1. The molecule has 0 aliphatic rings. The number of allylic oxidation sites excluding steroid dienone is 1. The Morgan fingerprint density at radius 2 is 2.08 bits per heavy atom. The first-order valence-electron chi connectivity index (χ1n) is 7.42. The summed E-state index contributed by atoms with van der Waals surface area (Å²) in [5, 5.41) is 3.18. The number of hydrogen-bond donors (Lipinski definition) is 3. The second kappa shape index (κ2) is 9.01. The van der Waals surface area contributed by atoms with E-state index in [0.29, 0.717) is 20.5 Å². The van der Waals surface area contributed by atoms with Gasteiger partial charge in [-0.05, 0) is 11.6 Å². The van der Waals surface area contributed by atoms with E-state index in [-0.39, 0.29) is 23.5 Å². The topological polar surface area (TPSA) is 93.5 Å². The molecule has 1 atom stereocenters. The lowest BCUT2D eigenvalue weighted by Gasteiger charge is -2.16. The standard InChI is InChI=1S/C17H18Cl2N4OS/c1-22-15(12(18)8-20)11-7-14(25-16(11)19)17(24)23-13(9-21)10-5-3-2-4-6-10/h2-8,13H,9,20-21H2,1H3,(H,23,24)/t13-/m1/s1. The second-order valence-corrected chi connectivity index (χ2v) is 7.12. The third-order valence-corrected chi connectivity index (χ3v) is 5.17. The van der Waals surface area contributed by atoms with Gasteiger partial charge >= 0.3 is 0 Å². The molecule has 0 unspecified atom stereocenters. The van der Waals surface area contributed by atoms with Gasteiger partial charge in [0.1, 0.15) is 4.34 Å². The second-order valence-electron chi connectivity index (χ2n) is 5.06. The van der Waals surface area contributed by atoms with Crippen LogP contribution in [0.5, 0.6) is 0 Å². The molecule has 0 aliphatic heterocycles. The van der Waals surface area contributed by atoms with E-state index >= 15 is 0 Å². The molecule has 1 amide bonds. The van der Waals surface area contributed by atoms with E-state index in [0.717, 1.165) is 16.9 Å². The van der Waals surface area contributed by atoms with Crippen LogP contribution in [-0.2, 0) is 0 Å². The number of benzene rings is 1. The summed E-state index contributed by atoms with van der Waals surface area (Å²) >= 11 is 13.5. The molecule has 0 bridgehead atoms. The van der Waals surface area contributed by atoms with Crippen LogP contribution in [0.2, 0.25) is 4.34 Å². The molecule has 132 valence electrons. The van der Waals surface area contributed by atoms with Crippen molar-refractivity contribution >= 4 is 46.2 Å². The van der Waals surface area contributed by atoms with Gasteiger partial charge in [0.15, 0.2) is 0 Å². The first-order chi connectivity index (χ1) is 12.0. The number of carbonyl (C=O) groups is 1. The van der Waals surface area contributed by atoms with Gasteiger partial charge in [0.05, 0.1) is 21.7 Å². The van der Waals surface area contributed by atoms with E-state index < -0.39 is 0 Å². The van der Waals surface area contributed by atoms with Crippen LogP contribution in [0.3, 0.4) is 0 Å². The molecule has 0 fully saturated rings. The van der Waals surface area contributed by atoms with Gasteiger partial charge in [0.25, 0.3) is 5.91 Å². The Labute approximate surface area is 160 Å². The van der Waals surface area contributed by atoms with Gasteiger partial charge < -0.3 is 16.8 Å². The predicted octanol–water partition coefficient (Wildman–Crippen LogP) is 3.29. The normalized spacial score (nSPS) is 13.6. The van der Waals surface area contributed by atoms with Gasteiger partial charge in [-0.1, -0.05) is 53.5 Å². The Balaban J connectivity index is 2.25. The number of hydrogen-bond acceptors (Lipinski definition) is 5. The average Bonchev–Trinajstić information content (AvgIpc) is 3.02. The monoisotopic (exact) mass is 396 g/mol. The lowest BCUT2D eigenvalue weighted by molar-refractivity contribution is 0.0942. The summed E-state index contributed by atoms with van der Waals surface area (Å²) in [6.07, 6.45) is 1.23. The van der Waals surface area contributed by atoms with Gasteiger partial charge in [0.2, 0.25) is 0 Å². The molecule has 1 aromatic carbocycles. The van der Waals surface area contributed by atoms with E-state index in [2.05, 4.69) is 10.3 Å². The number of rotatable bonds is 6. The van der Waals surface area contributed by atoms with Crippen LogP contribution in [0.1, 0.15) is 26.8 Å². The summed E-state index contributed by atoms with van der Waals surface area (Å²) in [7, 11) is 1.58. The van der Waals surface area contributed by atoms with Crippen LogP contribution < -0.4 is 16.8 Å². The molecule has 5 N–H and O–H groups in total. The molecule has 1 heterocycles. The first-order valence-corrected chi connectivity index (χ1v) is 8.99. The molecule has 1 aromatic heterocycles. The quantitative estimate of drug-likeness (QED) is 0.653. The average molecular weight is 397 g/mol. The third kappa shape index (κ3) is 4.61. The summed E-state index contributed by atoms with van der Waals surface area (Å²) in [5.41, 5.74) is 13.2. The van der Waals surface area contributed by atoms with Crippen molar-refractivity contribution in [2.45, 2.75) is 6.04 Å². The third-order valence-electron chi connectivity index (χ3n) is 3.50. The van der Waals surface area contributed by atoms with E-state index in [1.807, 2.05) is 30.3 Å². The summed E-state index contributed by atoms with van der Waals surface area (Å²) in [6.45, 7) is 0.283. The number of thiophene rings is 1. The fourth-order valence-corrected chi connectivity index (χ4v) is 3.64. The highest BCUT2D eigenvalue weighted by molar-refractivity contribution is 7.18. The Bertz CT molecular complexity index is 802. The lowest BCUT2D eigenvalue weighted by Crippen LogP contribution is -2.32. The fraction of sp³-hybridized carbons (Fsp3) is 0.176. The largest absolute Gasteiger partial charge is 0.403 e. The van der Waals surface area contributed by atoms with E-state index in [1.54, 1.807) is 13.1 Å². The van der Waals surface area contributed by atoms with Crippen LogP contribution in [0.15, 0.2) is 52.6 Å². The summed E-state index contributed by atoms with van der Waals surface area (Å²) < 4.78 is 0.412. The molecule has 0 saturated heterocycles. The zero-order valence-electron chi connectivity index (χ0n) is 13.5. The highest BCUT2D eigenvalue weighted by Crippen LogP contribution is 2.31. The molecule has 0 radical (unpaired) electrons. The number of nitrogens with one attached hydrogen (secondary N) is 1. The van der Waals surface area contributed by atoms with E-state index in [9.17, 15) is 4.79 Å². The molecule has 5 nitrogen and oxygen atoms in total. The zero-order chi connectivity index (χ0) is 18.4. The van der Waals surface area contributed by atoms with Crippen LogP contribution in [0.4, 0.5) is 0 Å². The SMILES string of the molecule is CN=C(C(Cl)=CN)c1cc(C(=O)N[C@H](CN)c2ccccc2)sc1Cl. The van der Waals surface area contributed by atoms with Crippen molar-refractivity contribution in [1.29, 1.82) is 0 Å². The van der Waals surface area contributed by atoms with Gasteiger partial charge in [-0.15, -0.1) is 11.3 Å². The van der Waals surface area contributed by atoms with E-state index in [4.69, 9.17) is 34.7 Å². The van der Waals surface area contributed by atoms with Gasteiger partial charge in [-0.25, -0.2) is 0 Å². The number of aliphatic imine (C=N–C) groups is 1. The highest BCUT2D eigenvalue weighted by Gasteiger charge is 2.20. The molecule has 25 heavy (non-hydrogen) atoms. The first kappa shape index (κ1) is 19.5. The fourth-order valence-electron chi connectivity index (χ4n) is 2.27. The lowest BCUT2D eigenvalue weighted by atomic mass is 10.1. The number of amides is 1. The Morgan fingerprint density at radius 1 is 1.40 bits per heavy atom. The predicted molar refractivity (Wildman–Crippen MR) is 106 cm³/mol. The Kier molecular flexibility index (Phi) is 7.01. The van der Waals surface area contributed by atoms with Crippen LogP contribution >= 0.6 is 34.5 Å². The van der Waals surface area contributed by atoms with Crippen molar-refractivity contribution in [1.82, 2.24) is 5.32 Å². The minimum atomic E-state index is -0.287. The number of nitrogens with two attached hydrogens (primary N) is 2. The van der Waals surface area contributed by atoms with Crippen LogP contribution in [0.25, 0.3) is 0 Å². The minimum Gasteiger partial charge on any atom is -0.403 e. The molecular formula is C17H18Cl2N4OS. The van der Waals surface area contributed by atoms with E-state index in [1.165, 1.54) is 6.20 Å². The van der Waals surface area contributed by atoms with Crippen molar-refractivity contribution in [2.75, 3.05) is 13.6 Å². The number of nitrogens with zero attached hydrogens (tertiary/aromatic N) is 1. The molecule has 0 saturated carbocycles. The number of halogens is 2.